The number of piperidine rings is 1. The van der Waals surface area contributed by atoms with Crippen molar-refractivity contribution in [3.05, 3.63) is 65.7 Å². The molecule has 0 aliphatic carbocycles. The second kappa shape index (κ2) is 7.62. The highest BCUT2D eigenvalue weighted by Crippen LogP contribution is 2.20. The van der Waals surface area contributed by atoms with Crippen LogP contribution in [-0.4, -0.2) is 24.0 Å². The third-order valence-corrected chi connectivity index (χ3v) is 4.61. The van der Waals surface area contributed by atoms with Crippen molar-refractivity contribution in [1.29, 1.82) is 0 Å². The number of likely N-dealkylation sites (tertiary alicyclic amines) is 1. The molecule has 2 atom stereocenters. The Kier molecular flexibility index (Phi) is 5.31. The Hall–Kier alpha value is -1.84. The zero-order valence-corrected chi connectivity index (χ0v) is 13.8. The highest BCUT2D eigenvalue weighted by Gasteiger charge is 2.22. The van der Waals surface area contributed by atoms with E-state index < -0.39 is 0 Å². The predicted octanol–water partition coefficient (Wildman–Crippen LogP) is 3.43. The molecule has 3 rings (SSSR count). The van der Waals surface area contributed by atoms with Gasteiger partial charge in [0.25, 0.3) is 0 Å². The molecule has 122 valence electrons. The van der Waals surface area contributed by atoms with Gasteiger partial charge in [-0.05, 0) is 42.1 Å². The van der Waals surface area contributed by atoms with E-state index in [1.54, 1.807) is 0 Å². The summed E-state index contributed by atoms with van der Waals surface area (Å²) in [6, 6.07) is 19.1. The Balaban J connectivity index is 1.57. The molecule has 1 heterocycles. The Morgan fingerprint density at radius 3 is 2.65 bits per heavy atom. The third kappa shape index (κ3) is 4.57. The van der Waals surface area contributed by atoms with Gasteiger partial charge in [0.15, 0.2) is 0 Å². The fourth-order valence-corrected chi connectivity index (χ4v) is 3.13. The number of hydrogen-bond acceptors (Lipinski definition) is 3. The lowest BCUT2D eigenvalue weighted by atomic mass is 9.94. The molecule has 0 saturated carbocycles. The molecule has 0 spiro atoms. The highest BCUT2D eigenvalue weighted by molar-refractivity contribution is 5.29. The first-order valence-corrected chi connectivity index (χ1v) is 8.44. The van der Waals surface area contributed by atoms with Gasteiger partial charge in [0.1, 0.15) is 12.4 Å². The largest absolute Gasteiger partial charge is 0.489 e. The Labute approximate surface area is 139 Å². The number of rotatable bonds is 5. The number of benzene rings is 2. The monoisotopic (exact) mass is 310 g/mol. The van der Waals surface area contributed by atoms with Gasteiger partial charge < -0.3 is 10.5 Å². The van der Waals surface area contributed by atoms with Gasteiger partial charge >= 0.3 is 0 Å². The van der Waals surface area contributed by atoms with E-state index in [2.05, 4.69) is 42.2 Å². The van der Waals surface area contributed by atoms with Gasteiger partial charge in [-0.25, -0.2) is 0 Å². The topological polar surface area (TPSA) is 38.5 Å². The molecule has 23 heavy (non-hydrogen) atoms. The second-order valence-electron chi connectivity index (χ2n) is 6.59. The Morgan fingerprint density at radius 2 is 1.87 bits per heavy atom. The molecule has 0 amide bonds. The molecule has 3 heteroatoms. The lowest BCUT2D eigenvalue weighted by molar-refractivity contribution is 0.157. The van der Waals surface area contributed by atoms with Crippen LogP contribution in [-0.2, 0) is 13.2 Å². The van der Waals surface area contributed by atoms with Crippen LogP contribution in [0.5, 0.6) is 5.75 Å². The smallest absolute Gasteiger partial charge is 0.120 e. The quantitative estimate of drug-likeness (QED) is 0.919. The molecule has 1 saturated heterocycles. The summed E-state index contributed by atoms with van der Waals surface area (Å²) in [5.74, 6) is 1.51. The van der Waals surface area contributed by atoms with Gasteiger partial charge in [-0.3, -0.25) is 4.90 Å². The fourth-order valence-electron chi connectivity index (χ4n) is 3.13. The number of ether oxygens (including phenoxy) is 1. The van der Waals surface area contributed by atoms with E-state index in [0.29, 0.717) is 18.6 Å². The second-order valence-corrected chi connectivity index (χ2v) is 6.59. The van der Waals surface area contributed by atoms with E-state index in [1.165, 1.54) is 11.1 Å². The number of nitrogens with two attached hydrogens (primary N) is 1. The van der Waals surface area contributed by atoms with Crippen molar-refractivity contribution in [3.8, 4) is 5.75 Å². The Morgan fingerprint density at radius 1 is 1.09 bits per heavy atom. The summed E-state index contributed by atoms with van der Waals surface area (Å²) in [5, 5.41) is 0. The van der Waals surface area contributed by atoms with Crippen molar-refractivity contribution in [1.82, 2.24) is 4.90 Å². The molecule has 2 aromatic rings. The number of nitrogens with zero attached hydrogens (tertiary/aromatic N) is 1. The first-order valence-electron chi connectivity index (χ1n) is 8.44. The summed E-state index contributed by atoms with van der Waals surface area (Å²) in [4.78, 5) is 2.49. The molecule has 0 radical (unpaired) electrons. The van der Waals surface area contributed by atoms with Gasteiger partial charge in [-0.15, -0.1) is 0 Å². The molecule has 2 unspecified atom stereocenters. The SMILES string of the molecule is CC1CN(Cc2cccc(OCc3ccccc3)c2)CCC1N. The van der Waals surface area contributed by atoms with E-state index in [-0.39, 0.29) is 0 Å². The van der Waals surface area contributed by atoms with Gasteiger partial charge in [-0.2, -0.15) is 0 Å². The molecule has 1 aliphatic rings. The van der Waals surface area contributed by atoms with E-state index in [0.717, 1.165) is 31.8 Å². The van der Waals surface area contributed by atoms with E-state index in [9.17, 15) is 0 Å². The zero-order chi connectivity index (χ0) is 16.1. The standard InChI is InChI=1S/C20H26N2O/c1-16-13-22(11-10-20(16)21)14-18-8-5-9-19(12-18)23-15-17-6-3-2-4-7-17/h2-9,12,16,20H,10-11,13-15,21H2,1H3. The molecule has 3 nitrogen and oxygen atoms in total. The maximum atomic E-state index is 6.11. The van der Waals surface area contributed by atoms with Gasteiger partial charge in [0, 0.05) is 19.1 Å². The predicted molar refractivity (Wildman–Crippen MR) is 94.2 cm³/mol. The van der Waals surface area contributed by atoms with E-state index in [4.69, 9.17) is 10.5 Å². The average molecular weight is 310 g/mol. The van der Waals surface area contributed by atoms with Crippen molar-refractivity contribution in [2.75, 3.05) is 13.1 Å². The normalized spacial score (nSPS) is 22.0. The van der Waals surface area contributed by atoms with Gasteiger partial charge in [0.05, 0.1) is 0 Å². The van der Waals surface area contributed by atoms with Crippen molar-refractivity contribution in [2.24, 2.45) is 11.7 Å². The first kappa shape index (κ1) is 16.0. The van der Waals surface area contributed by atoms with Crippen LogP contribution in [0.4, 0.5) is 0 Å². The summed E-state index contributed by atoms with van der Waals surface area (Å²) in [5.41, 5.74) is 8.60. The molecule has 1 fully saturated rings. The summed E-state index contributed by atoms with van der Waals surface area (Å²) in [6.07, 6.45) is 1.09. The average Bonchev–Trinajstić information content (AvgIpc) is 2.58. The van der Waals surface area contributed by atoms with Crippen LogP contribution < -0.4 is 10.5 Å². The van der Waals surface area contributed by atoms with Crippen LogP contribution in [0, 0.1) is 5.92 Å². The molecular weight excluding hydrogens is 284 g/mol. The minimum Gasteiger partial charge on any atom is -0.489 e. The van der Waals surface area contributed by atoms with Crippen LogP contribution in [0.3, 0.4) is 0 Å². The zero-order valence-electron chi connectivity index (χ0n) is 13.8. The molecule has 1 aliphatic heterocycles. The van der Waals surface area contributed by atoms with Crippen molar-refractivity contribution in [3.63, 3.8) is 0 Å². The molecule has 0 aromatic heterocycles. The maximum absolute atomic E-state index is 6.11. The van der Waals surface area contributed by atoms with Crippen molar-refractivity contribution in [2.45, 2.75) is 32.5 Å². The summed E-state index contributed by atoms with van der Waals surface area (Å²) in [6.45, 7) is 5.99. The molecule has 0 bridgehead atoms. The lowest BCUT2D eigenvalue weighted by Gasteiger charge is -2.35. The van der Waals surface area contributed by atoms with Crippen molar-refractivity contribution < 1.29 is 4.74 Å². The van der Waals surface area contributed by atoms with Crippen LogP contribution in [0.25, 0.3) is 0 Å². The van der Waals surface area contributed by atoms with Crippen molar-refractivity contribution >= 4 is 0 Å². The summed E-state index contributed by atoms with van der Waals surface area (Å²) >= 11 is 0. The molecule has 2 aromatic carbocycles. The van der Waals surface area contributed by atoms with Gasteiger partial charge in [0.2, 0.25) is 0 Å². The minimum absolute atomic E-state index is 0.354. The Bertz CT molecular complexity index is 614. The van der Waals surface area contributed by atoms with Crippen LogP contribution in [0.15, 0.2) is 54.6 Å². The molecular formula is C20H26N2O. The van der Waals surface area contributed by atoms with E-state index in [1.807, 2.05) is 24.3 Å². The van der Waals surface area contributed by atoms with Gasteiger partial charge in [-0.1, -0.05) is 49.4 Å². The lowest BCUT2D eigenvalue weighted by Crippen LogP contribution is -2.45. The van der Waals surface area contributed by atoms with Crippen LogP contribution in [0.1, 0.15) is 24.5 Å². The first-order chi connectivity index (χ1) is 11.2. The molecule has 2 N–H and O–H groups in total. The fraction of sp³-hybridized carbons (Fsp3) is 0.400. The van der Waals surface area contributed by atoms with E-state index >= 15 is 0 Å². The third-order valence-electron chi connectivity index (χ3n) is 4.61. The summed E-state index contributed by atoms with van der Waals surface area (Å²) in [7, 11) is 0. The van der Waals surface area contributed by atoms with Crippen LogP contribution in [0.2, 0.25) is 0 Å². The number of hydrogen-bond donors (Lipinski definition) is 1. The summed E-state index contributed by atoms with van der Waals surface area (Å²) < 4.78 is 5.92. The highest BCUT2D eigenvalue weighted by atomic mass is 16.5. The minimum atomic E-state index is 0.354. The van der Waals surface area contributed by atoms with Crippen LogP contribution >= 0.6 is 0 Å². The maximum Gasteiger partial charge on any atom is 0.120 e.